The van der Waals surface area contributed by atoms with Crippen LogP contribution >= 0.6 is 0 Å². The van der Waals surface area contributed by atoms with Crippen molar-refractivity contribution in [3.05, 3.63) is 0 Å². The van der Waals surface area contributed by atoms with Gasteiger partial charge in [0.15, 0.2) is 0 Å². The Morgan fingerprint density at radius 3 is 2.50 bits per heavy atom. The van der Waals surface area contributed by atoms with E-state index in [1.54, 1.807) is 11.9 Å². The van der Waals surface area contributed by atoms with Crippen molar-refractivity contribution in [2.24, 2.45) is 5.41 Å². The number of amides is 3. The van der Waals surface area contributed by atoms with E-state index in [9.17, 15) is 14.4 Å². The van der Waals surface area contributed by atoms with Gasteiger partial charge in [0.1, 0.15) is 6.54 Å². The number of carboxylic acids is 1. The van der Waals surface area contributed by atoms with Crippen molar-refractivity contribution in [2.45, 2.75) is 13.8 Å². The Labute approximate surface area is 106 Å². The molecule has 0 atom stereocenters. The molecular formula is C11H19N3O4. The number of aliphatic carboxylic acids is 1. The first-order chi connectivity index (χ1) is 8.24. The average Bonchev–Trinajstić information content (AvgIpc) is 2.29. The fourth-order valence-corrected chi connectivity index (χ4v) is 1.42. The van der Waals surface area contributed by atoms with Crippen LogP contribution in [0.25, 0.3) is 0 Å². The van der Waals surface area contributed by atoms with Crippen molar-refractivity contribution >= 4 is 17.9 Å². The van der Waals surface area contributed by atoms with Gasteiger partial charge in [0.25, 0.3) is 0 Å². The van der Waals surface area contributed by atoms with Crippen LogP contribution in [0.2, 0.25) is 0 Å². The molecule has 1 heterocycles. The van der Waals surface area contributed by atoms with Crippen LogP contribution < -0.4 is 5.32 Å². The molecule has 0 unspecified atom stereocenters. The van der Waals surface area contributed by atoms with Crippen molar-refractivity contribution < 1.29 is 19.5 Å². The standard InChI is InChI=1S/C11H19N3O4/c1-11(2,9(16)17)7-12-10(18)14-5-4-13(3)8(15)6-14/h4-7H2,1-3H3,(H,12,18)(H,16,17). The molecule has 1 saturated heterocycles. The molecule has 0 bridgehead atoms. The molecule has 0 aromatic carbocycles. The van der Waals surface area contributed by atoms with Gasteiger partial charge in [-0.3, -0.25) is 9.59 Å². The van der Waals surface area contributed by atoms with Crippen LogP contribution in [0.5, 0.6) is 0 Å². The third-order valence-electron chi connectivity index (χ3n) is 3.00. The van der Waals surface area contributed by atoms with E-state index in [0.717, 1.165) is 0 Å². The van der Waals surface area contributed by atoms with Crippen LogP contribution in [-0.2, 0) is 9.59 Å². The first-order valence-corrected chi connectivity index (χ1v) is 5.74. The highest BCUT2D eigenvalue weighted by Gasteiger charge is 2.30. The Morgan fingerprint density at radius 1 is 1.39 bits per heavy atom. The molecular weight excluding hydrogens is 238 g/mol. The summed E-state index contributed by atoms with van der Waals surface area (Å²) in [5.74, 6) is -1.09. The van der Waals surface area contributed by atoms with Crippen LogP contribution in [0.4, 0.5) is 4.79 Å². The zero-order chi connectivity index (χ0) is 13.9. The molecule has 2 N–H and O–H groups in total. The smallest absolute Gasteiger partial charge is 0.317 e. The lowest BCUT2D eigenvalue weighted by molar-refractivity contribution is -0.146. The maximum absolute atomic E-state index is 11.8. The molecule has 0 aliphatic carbocycles. The van der Waals surface area contributed by atoms with Gasteiger partial charge in [0.2, 0.25) is 5.91 Å². The van der Waals surface area contributed by atoms with Crippen LogP contribution in [0.15, 0.2) is 0 Å². The van der Waals surface area contributed by atoms with E-state index >= 15 is 0 Å². The van der Waals surface area contributed by atoms with Crippen LogP contribution in [0.3, 0.4) is 0 Å². The van der Waals surface area contributed by atoms with Crippen molar-refractivity contribution in [1.82, 2.24) is 15.1 Å². The zero-order valence-electron chi connectivity index (χ0n) is 10.9. The van der Waals surface area contributed by atoms with E-state index in [4.69, 9.17) is 5.11 Å². The van der Waals surface area contributed by atoms with Gasteiger partial charge in [-0.1, -0.05) is 0 Å². The Kier molecular flexibility index (Phi) is 4.15. The Bertz CT molecular complexity index is 367. The largest absolute Gasteiger partial charge is 0.481 e. The minimum atomic E-state index is -1.02. The number of carbonyl (C=O) groups excluding carboxylic acids is 2. The quantitative estimate of drug-likeness (QED) is 0.718. The highest BCUT2D eigenvalue weighted by molar-refractivity contribution is 5.85. The second-order valence-corrected chi connectivity index (χ2v) is 5.08. The van der Waals surface area contributed by atoms with Gasteiger partial charge in [0, 0.05) is 26.7 Å². The summed E-state index contributed by atoms with van der Waals surface area (Å²) in [6.45, 7) is 4.09. The van der Waals surface area contributed by atoms with Crippen LogP contribution in [0, 0.1) is 5.41 Å². The summed E-state index contributed by atoms with van der Waals surface area (Å²) in [7, 11) is 1.69. The molecule has 0 saturated carbocycles. The topological polar surface area (TPSA) is 89.9 Å². The van der Waals surface area contributed by atoms with Crippen molar-refractivity contribution in [1.29, 1.82) is 0 Å². The Morgan fingerprint density at radius 2 is 2.00 bits per heavy atom. The second kappa shape index (κ2) is 5.24. The molecule has 0 aromatic rings. The van der Waals surface area contributed by atoms with Gasteiger partial charge in [-0.25, -0.2) is 4.79 Å². The van der Waals surface area contributed by atoms with Gasteiger partial charge >= 0.3 is 12.0 Å². The molecule has 1 aliphatic rings. The maximum atomic E-state index is 11.8. The van der Waals surface area contributed by atoms with Gasteiger partial charge in [-0.15, -0.1) is 0 Å². The lowest BCUT2D eigenvalue weighted by atomic mass is 9.94. The lowest BCUT2D eigenvalue weighted by Crippen LogP contribution is -2.54. The second-order valence-electron chi connectivity index (χ2n) is 5.08. The number of hydrogen-bond donors (Lipinski definition) is 2. The number of urea groups is 1. The monoisotopic (exact) mass is 257 g/mol. The van der Waals surface area contributed by atoms with E-state index < -0.39 is 17.4 Å². The number of carboxylic acid groups (broad SMARTS) is 1. The van der Waals surface area contributed by atoms with Gasteiger partial charge in [0.05, 0.1) is 5.41 Å². The van der Waals surface area contributed by atoms with E-state index in [0.29, 0.717) is 13.1 Å². The van der Waals surface area contributed by atoms with Crippen molar-refractivity contribution in [2.75, 3.05) is 33.2 Å². The zero-order valence-corrected chi connectivity index (χ0v) is 10.9. The number of nitrogens with one attached hydrogen (secondary N) is 1. The van der Waals surface area contributed by atoms with Crippen LogP contribution in [0.1, 0.15) is 13.8 Å². The molecule has 18 heavy (non-hydrogen) atoms. The third kappa shape index (κ3) is 3.35. The minimum absolute atomic E-state index is 0.0295. The predicted molar refractivity (Wildman–Crippen MR) is 64.0 cm³/mol. The average molecular weight is 257 g/mol. The van der Waals surface area contributed by atoms with Crippen molar-refractivity contribution in [3.63, 3.8) is 0 Å². The number of rotatable bonds is 3. The molecule has 3 amide bonds. The molecule has 102 valence electrons. The molecule has 0 spiro atoms. The minimum Gasteiger partial charge on any atom is -0.481 e. The molecule has 0 radical (unpaired) electrons. The van der Waals surface area contributed by atoms with E-state index in [2.05, 4.69) is 5.32 Å². The molecule has 1 rings (SSSR count). The van der Waals surface area contributed by atoms with E-state index in [-0.39, 0.29) is 19.0 Å². The highest BCUT2D eigenvalue weighted by atomic mass is 16.4. The summed E-state index contributed by atoms with van der Waals surface area (Å²) in [5.41, 5.74) is -1.02. The number of hydrogen-bond acceptors (Lipinski definition) is 3. The van der Waals surface area contributed by atoms with Gasteiger partial charge < -0.3 is 20.2 Å². The van der Waals surface area contributed by atoms with E-state index in [1.165, 1.54) is 18.7 Å². The lowest BCUT2D eigenvalue weighted by Gasteiger charge is -2.32. The fourth-order valence-electron chi connectivity index (χ4n) is 1.42. The SMILES string of the molecule is CN1CCN(C(=O)NCC(C)(C)C(=O)O)CC1=O. The first kappa shape index (κ1) is 14.3. The summed E-state index contributed by atoms with van der Waals surface area (Å²) in [6.07, 6.45) is 0. The molecule has 0 aromatic heterocycles. The third-order valence-corrected chi connectivity index (χ3v) is 3.00. The molecule has 1 fully saturated rings. The maximum Gasteiger partial charge on any atom is 0.317 e. The number of nitrogens with zero attached hydrogens (tertiary/aromatic N) is 2. The Balaban J connectivity index is 2.47. The van der Waals surface area contributed by atoms with E-state index in [1.807, 2.05) is 0 Å². The van der Waals surface area contributed by atoms with Gasteiger partial charge in [-0.05, 0) is 13.8 Å². The fraction of sp³-hybridized carbons (Fsp3) is 0.727. The number of carbonyl (C=O) groups is 3. The first-order valence-electron chi connectivity index (χ1n) is 5.74. The van der Waals surface area contributed by atoms with Crippen molar-refractivity contribution in [3.8, 4) is 0 Å². The normalized spacial score (nSPS) is 16.7. The molecule has 1 aliphatic heterocycles. The summed E-state index contributed by atoms with van der Waals surface area (Å²) >= 11 is 0. The predicted octanol–water partition coefficient (Wildman–Crippen LogP) is -0.419. The summed E-state index contributed by atoms with van der Waals surface area (Å²) in [5, 5.41) is 11.5. The summed E-state index contributed by atoms with van der Waals surface area (Å²) in [4.78, 5) is 37.0. The number of likely N-dealkylation sites (N-methyl/N-ethyl adjacent to an activating group) is 1. The van der Waals surface area contributed by atoms with Gasteiger partial charge in [-0.2, -0.15) is 0 Å². The highest BCUT2D eigenvalue weighted by Crippen LogP contribution is 2.13. The van der Waals surface area contributed by atoms with Crippen LogP contribution in [-0.4, -0.2) is 66.0 Å². The number of piperazine rings is 1. The Hall–Kier alpha value is -1.79. The summed E-state index contributed by atoms with van der Waals surface area (Å²) in [6, 6.07) is -0.397. The summed E-state index contributed by atoms with van der Waals surface area (Å²) < 4.78 is 0. The molecule has 7 nitrogen and oxygen atoms in total. The molecule has 7 heteroatoms.